The molecule has 2 nitrogen and oxygen atoms in total. The monoisotopic (exact) mass is 218 g/mol. The maximum Gasteiger partial charge on any atom is 0.334 e. The third-order valence-electron chi connectivity index (χ3n) is 5.03. The lowest BCUT2D eigenvalue weighted by atomic mass is 9.66. The van der Waals surface area contributed by atoms with Crippen molar-refractivity contribution in [3.8, 4) is 0 Å². The number of ether oxygens (including phenoxy) is 1. The molecule has 2 heteroatoms. The van der Waals surface area contributed by atoms with Gasteiger partial charge in [0.1, 0.15) is 6.10 Å². The van der Waals surface area contributed by atoms with Crippen LogP contribution in [-0.2, 0) is 9.53 Å². The predicted octanol–water partition coefficient (Wildman–Crippen LogP) is 2.85. The van der Waals surface area contributed by atoms with Crippen LogP contribution >= 0.6 is 0 Å². The van der Waals surface area contributed by atoms with Crippen LogP contribution in [0.1, 0.15) is 33.1 Å². The van der Waals surface area contributed by atoms with Gasteiger partial charge < -0.3 is 4.74 Å². The molecule has 4 atom stereocenters. The van der Waals surface area contributed by atoms with E-state index in [0.717, 1.165) is 6.42 Å². The summed E-state index contributed by atoms with van der Waals surface area (Å²) < 4.78 is 5.35. The van der Waals surface area contributed by atoms with Gasteiger partial charge >= 0.3 is 5.97 Å². The lowest BCUT2D eigenvalue weighted by Crippen LogP contribution is -2.33. The van der Waals surface area contributed by atoms with Crippen molar-refractivity contribution >= 4 is 5.97 Å². The summed E-state index contributed by atoms with van der Waals surface area (Å²) >= 11 is 0. The Kier molecular flexibility index (Phi) is 1.90. The first-order valence-electron chi connectivity index (χ1n) is 6.13. The molecule has 0 spiro atoms. The number of hydrogen-bond donors (Lipinski definition) is 0. The van der Waals surface area contributed by atoms with E-state index < -0.39 is 0 Å². The Hall–Kier alpha value is -1.05. The molecule has 3 aliphatic rings. The van der Waals surface area contributed by atoms with Crippen LogP contribution in [-0.4, -0.2) is 12.1 Å². The molecular formula is C14H18O2. The second-order valence-electron chi connectivity index (χ2n) is 5.75. The minimum Gasteiger partial charge on any atom is -0.454 e. The fourth-order valence-corrected chi connectivity index (χ4v) is 3.57. The minimum atomic E-state index is -0.192. The van der Waals surface area contributed by atoms with Crippen LogP contribution in [0.2, 0.25) is 0 Å². The van der Waals surface area contributed by atoms with Crippen molar-refractivity contribution in [2.24, 2.45) is 17.3 Å². The molecule has 0 aromatic heterocycles. The first kappa shape index (κ1) is 10.1. The maximum absolute atomic E-state index is 11.5. The Morgan fingerprint density at radius 3 is 3.06 bits per heavy atom. The summed E-state index contributed by atoms with van der Waals surface area (Å²) in [6.45, 7) is 8.54. The highest BCUT2D eigenvalue weighted by Gasteiger charge is 2.50. The van der Waals surface area contributed by atoms with Gasteiger partial charge in [-0.3, -0.25) is 0 Å². The molecule has 0 N–H and O–H groups in total. The van der Waals surface area contributed by atoms with Gasteiger partial charge in [-0.15, -0.1) is 0 Å². The van der Waals surface area contributed by atoms with E-state index in [1.54, 1.807) is 0 Å². The van der Waals surface area contributed by atoms with Crippen molar-refractivity contribution in [2.45, 2.75) is 39.2 Å². The summed E-state index contributed by atoms with van der Waals surface area (Å²) in [6, 6.07) is 0. The Bertz CT molecular complexity index is 407. The van der Waals surface area contributed by atoms with Gasteiger partial charge in [0.25, 0.3) is 0 Å². The number of fused-ring (bicyclic) bond motifs is 2. The third kappa shape index (κ3) is 1.10. The van der Waals surface area contributed by atoms with Gasteiger partial charge in [0.05, 0.1) is 0 Å². The van der Waals surface area contributed by atoms with E-state index in [2.05, 4.69) is 26.5 Å². The normalized spacial score (nSPS) is 46.1. The summed E-state index contributed by atoms with van der Waals surface area (Å²) in [5.41, 5.74) is 2.46. The van der Waals surface area contributed by atoms with Gasteiger partial charge in [0.2, 0.25) is 0 Å². The van der Waals surface area contributed by atoms with Crippen LogP contribution < -0.4 is 0 Å². The van der Waals surface area contributed by atoms with E-state index in [9.17, 15) is 4.79 Å². The summed E-state index contributed by atoms with van der Waals surface area (Å²) in [7, 11) is 0. The van der Waals surface area contributed by atoms with Crippen LogP contribution in [0.15, 0.2) is 23.8 Å². The molecule has 1 heterocycles. The van der Waals surface area contributed by atoms with Gasteiger partial charge in [0, 0.05) is 11.5 Å². The predicted molar refractivity (Wildman–Crippen MR) is 61.7 cm³/mol. The van der Waals surface area contributed by atoms with Gasteiger partial charge in [-0.25, -0.2) is 4.79 Å². The van der Waals surface area contributed by atoms with E-state index in [-0.39, 0.29) is 23.4 Å². The highest BCUT2D eigenvalue weighted by molar-refractivity contribution is 5.91. The van der Waals surface area contributed by atoms with E-state index in [4.69, 9.17) is 4.74 Å². The van der Waals surface area contributed by atoms with Gasteiger partial charge in [0.15, 0.2) is 0 Å². The average Bonchev–Trinajstić information content (AvgIpc) is 2.67. The SMILES string of the molecule is C=C1C(=O)O[C@@H]2C=C3CC[C@H](C)[C@@]3(C)C[C@H]12. The molecule has 0 unspecified atom stereocenters. The lowest BCUT2D eigenvalue weighted by Gasteiger charge is -2.38. The second kappa shape index (κ2) is 2.99. The zero-order valence-electron chi connectivity index (χ0n) is 9.95. The van der Waals surface area contributed by atoms with Crippen LogP contribution in [0.3, 0.4) is 0 Å². The highest BCUT2D eigenvalue weighted by Crippen LogP contribution is 2.56. The number of rotatable bonds is 0. The number of esters is 1. The van der Waals surface area contributed by atoms with E-state index in [0.29, 0.717) is 11.5 Å². The molecule has 0 radical (unpaired) electrons. The van der Waals surface area contributed by atoms with Crippen LogP contribution in [0, 0.1) is 17.3 Å². The molecule has 86 valence electrons. The van der Waals surface area contributed by atoms with Crippen molar-refractivity contribution in [3.63, 3.8) is 0 Å². The summed E-state index contributed by atoms with van der Waals surface area (Å²) in [4.78, 5) is 11.5. The Balaban J connectivity index is 2.01. The summed E-state index contributed by atoms with van der Waals surface area (Å²) in [5, 5.41) is 0. The molecule has 0 amide bonds. The van der Waals surface area contributed by atoms with Crippen molar-refractivity contribution in [1.82, 2.24) is 0 Å². The van der Waals surface area contributed by atoms with Crippen molar-refractivity contribution in [1.29, 1.82) is 0 Å². The molecule has 1 saturated carbocycles. The zero-order valence-corrected chi connectivity index (χ0v) is 9.95. The van der Waals surface area contributed by atoms with Crippen molar-refractivity contribution < 1.29 is 9.53 Å². The third-order valence-corrected chi connectivity index (χ3v) is 5.03. The van der Waals surface area contributed by atoms with E-state index >= 15 is 0 Å². The standard InChI is InChI=1S/C14H18O2/c1-8-4-5-10-6-12-11(7-14(8,10)3)9(2)13(15)16-12/h6,8,11-12H,2,4-5,7H2,1,3H3/t8-,11+,12+,14+/m0/s1. The molecule has 1 aliphatic heterocycles. The minimum absolute atomic E-state index is 0.0200. The topological polar surface area (TPSA) is 26.3 Å². The molecular weight excluding hydrogens is 200 g/mol. The molecule has 3 rings (SSSR count). The van der Waals surface area contributed by atoms with Gasteiger partial charge in [-0.05, 0) is 36.7 Å². The van der Waals surface area contributed by atoms with Crippen molar-refractivity contribution in [2.75, 3.05) is 0 Å². The summed E-state index contributed by atoms with van der Waals surface area (Å²) in [6.07, 6.45) is 5.66. The molecule has 16 heavy (non-hydrogen) atoms. The average molecular weight is 218 g/mol. The number of hydrogen-bond acceptors (Lipinski definition) is 2. The quantitative estimate of drug-likeness (QED) is 0.355. The van der Waals surface area contributed by atoms with Gasteiger partial charge in [-0.2, -0.15) is 0 Å². The van der Waals surface area contributed by atoms with Crippen LogP contribution in [0.25, 0.3) is 0 Å². The largest absolute Gasteiger partial charge is 0.454 e. The number of allylic oxidation sites excluding steroid dienone is 1. The lowest BCUT2D eigenvalue weighted by molar-refractivity contribution is -0.137. The first-order valence-corrected chi connectivity index (χ1v) is 6.13. The van der Waals surface area contributed by atoms with Crippen LogP contribution in [0.4, 0.5) is 0 Å². The maximum atomic E-state index is 11.5. The highest BCUT2D eigenvalue weighted by atomic mass is 16.5. The number of carbonyl (C=O) groups excluding carboxylic acids is 1. The Morgan fingerprint density at radius 1 is 1.56 bits per heavy atom. The molecule has 2 aliphatic carbocycles. The molecule has 0 bridgehead atoms. The fourth-order valence-electron chi connectivity index (χ4n) is 3.57. The van der Waals surface area contributed by atoms with Crippen molar-refractivity contribution in [3.05, 3.63) is 23.8 Å². The Morgan fingerprint density at radius 2 is 2.31 bits per heavy atom. The molecule has 0 aromatic rings. The molecule has 1 saturated heterocycles. The molecule has 0 aromatic carbocycles. The summed E-state index contributed by atoms with van der Waals surface area (Å²) in [5.74, 6) is 0.744. The van der Waals surface area contributed by atoms with E-state index in [1.807, 2.05) is 0 Å². The second-order valence-corrected chi connectivity index (χ2v) is 5.75. The Labute approximate surface area is 96.4 Å². The fraction of sp³-hybridized carbons (Fsp3) is 0.643. The van der Waals surface area contributed by atoms with Crippen LogP contribution in [0.5, 0.6) is 0 Å². The van der Waals surface area contributed by atoms with Gasteiger partial charge in [-0.1, -0.05) is 26.0 Å². The first-order chi connectivity index (χ1) is 7.52. The molecule has 2 fully saturated rings. The zero-order chi connectivity index (χ0) is 11.5. The van der Waals surface area contributed by atoms with E-state index in [1.165, 1.54) is 18.4 Å². The smallest absolute Gasteiger partial charge is 0.334 e. The number of carbonyl (C=O) groups is 1.